The molecule has 12 aromatic rings. The summed E-state index contributed by atoms with van der Waals surface area (Å²) in [6, 6.07) is 71.2. The Morgan fingerprint density at radius 2 is 0.730 bits per heavy atom. The second kappa shape index (κ2) is 12.8. The molecule has 3 aromatic heterocycles. The van der Waals surface area contributed by atoms with Crippen molar-refractivity contribution in [3.8, 4) is 67.5 Å². The molecule has 0 N–H and O–H groups in total. The molecule has 0 atom stereocenters. The summed E-state index contributed by atoms with van der Waals surface area (Å²) in [6.07, 6.45) is 0. The molecule has 0 bridgehead atoms. The minimum absolute atomic E-state index is 0.540. The van der Waals surface area contributed by atoms with Crippen LogP contribution in [0.4, 0.5) is 0 Å². The molecule has 2 aliphatic carbocycles. The van der Waals surface area contributed by atoms with Gasteiger partial charge in [0.1, 0.15) is 22.3 Å². The number of rotatable bonds is 3. The summed E-state index contributed by atoms with van der Waals surface area (Å²) >= 11 is 0. The van der Waals surface area contributed by atoms with Crippen molar-refractivity contribution in [2.24, 2.45) is 0 Å². The topological polar surface area (TPSA) is 65.0 Å². The van der Waals surface area contributed by atoms with Gasteiger partial charge in [-0.1, -0.05) is 158 Å². The van der Waals surface area contributed by atoms with Crippen molar-refractivity contribution < 1.29 is 8.83 Å². The molecule has 5 nitrogen and oxygen atoms in total. The molecule has 0 amide bonds. The second-order valence-electron chi connectivity index (χ2n) is 16.6. The standard InChI is InChI=1S/C58H33N3O2/c1-2-15-37-36(14-1)38-16-3-8-23-47(38)58(48-24-9-4-17-39(37)48)49-25-10-5-18-40(49)45-32-34(28-30-50(45)58)55-59-56(35-29-31-53-46(33-35)42-20-7-11-26-51(42)62-53)61-57(60-55)44-22-13-21-43-41-19-6-12-27-52(41)63-54(43)44/h1-33H. The maximum Gasteiger partial charge on any atom is 0.167 e. The number of benzene rings is 9. The van der Waals surface area contributed by atoms with Gasteiger partial charge in [0.2, 0.25) is 0 Å². The zero-order chi connectivity index (χ0) is 41.2. The van der Waals surface area contributed by atoms with Gasteiger partial charge in [0.05, 0.1) is 11.0 Å². The van der Waals surface area contributed by atoms with Gasteiger partial charge < -0.3 is 8.83 Å². The van der Waals surface area contributed by atoms with E-state index in [1.54, 1.807) is 0 Å². The molecule has 9 aromatic carbocycles. The lowest BCUT2D eigenvalue weighted by molar-refractivity contribution is 0.669. The minimum Gasteiger partial charge on any atom is -0.456 e. The van der Waals surface area contributed by atoms with Gasteiger partial charge in [-0.05, 0) is 98.1 Å². The lowest BCUT2D eigenvalue weighted by Gasteiger charge is -2.35. The molecule has 3 heterocycles. The third-order valence-corrected chi connectivity index (χ3v) is 13.4. The Bertz CT molecular complexity index is 3830. The van der Waals surface area contributed by atoms with E-state index in [0.29, 0.717) is 17.5 Å². The van der Waals surface area contributed by atoms with E-state index in [4.69, 9.17) is 23.8 Å². The molecule has 1 spiro atoms. The molecule has 2 aliphatic rings. The molecular weight excluding hydrogens is 771 g/mol. The highest BCUT2D eigenvalue weighted by molar-refractivity contribution is 6.09. The molecule has 0 fully saturated rings. The molecule has 5 heteroatoms. The van der Waals surface area contributed by atoms with Gasteiger partial charge in [-0.2, -0.15) is 0 Å². The van der Waals surface area contributed by atoms with E-state index in [0.717, 1.165) is 66.1 Å². The third-order valence-electron chi connectivity index (χ3n) is 13.4. The van der Waals surface area contributed by atoms with Crippen LogP contribution in [0.15, 0.2) is 209 Å². The van der Waals surface area contributed by atoms with Crippen molar-refractivity contribution in [3.63, 3.8) is 0 Å². The van der Waals surface area contributed by atoms with Gasteiger partial charge in [0, 0.05) is 32.7 Å². The van der Waals surface area contributed by atoms with Crippen LogP contribution in [0.3, 0.4) is 0 Å². The normalized spacial score (nSPS) is 13.2. The lowest BCUT2D eigenvalue weighted by atomic mass is 9.66. The van der Waals surface area contributed by atoms with Crippen LogP contribution in [0.5, 0.6) is 0 Å². The van der Waals surface area contributed by atoms with Crippen LogP contribution in [0, 0.1) is 0 Å². The van der Waals surface area contributed by atoms with E-state index in [2.05, 4.69) is 146 Å². The SMILES string of the molecule is c1ccc2c(c1)-c1ccccc1C1(c3ccccc3-2)c2ccccc2-c2cc(-c3nc(-c4ccc5oc6ccccc6c5c4)nc(-c4cccc5c4oc4ccccc45)n3)ccc21. The molecule has 14 rings (SSSR count). The fourth-order valence-corrected chi connectivity index (χ4v) is 10.7. The van der Waals surface area contributed by atoms with Gasteiger partial charge in [-0.15, -0.1) is 0 Å². The maximum absolute atomic E-state index is 6.57. The summed E-state index contributed by atoms with van der Waals surface area (Å²) in [5.74, 6) is 1.69. The molecule has 0 radical (unpaired) electrons. The van der Waals surface area contributed by atoms with Crippen molar-refractivity contribution in [1.82, 2.24) is 15.0 Å². The fraction of sp³-hybridized carbons (Fsp3) is 0.0172. The third kappa shape index (κ3) is 4.73. The maximum atomic E-state index is 6.57. The Balaban J connectivity index is 1.03. The van der Waals surface area contributed by atoms with E-state index in [-0.39, 0.29) is 0 Å². The number of furan rings is 2. The van der Waals surface area contributed by atoms with Crippen LogP contribution in [-0.4, -0.2) is 15.0 Å². The highest BCUT2D eigenvalue weighted by Crippen LogP contribution is 2.61. The van der Waals surface area contributed by atoms with E-state index in [9.17, 15) is 0 Å². The van der Waals surface area contributed by atoms with E-state index in [1.807, 2.05) is 54.6 Å². The first kappa shape index (κ1) is 34.3. The predicted octanol–water partition coefficient (Wildman–Crippen LogP) is 14.7. The number of para-hydroxylation sites is 3. The summed E-state index contributed by atoms with van der Waals surface area (Å²) in [5, 5.41) is 4.13. The van der Waals surface area contributed by atoms with E-state index in [1.165, 1.54) is 50.1 Å². The Kier molecular flexibility index (Phi) is 6.97. The number of hydrogen-bond donors (Lipinski definition) is 0. The van der Waals surface area contributed by atoms with Crippen LogP contribution < -0.4 is 0 Å². The summed E-state index contributed by atoms with van der Waals surface area (Å²) in [4.78, 5) is 15.9. The van der Waals surface area contributed by atoms with Crippen molar-refractivity contribution in [2.45, 2.75) is 5.41 Å². The molecule has 292 valence electrons. The molecule has 0 saturated carbocycles. The highest BCUT2D eigenvalue weighted by atomic mass is 16.3. The first-order valence-corrected chi connectivity index (χ1v) is 21.3. The zero-order valence-corrected chi connectivity index (χ0v) is 33.7. The van der Waals surface area contributed by atoms with Crippen LogP contribution >= 0.6 is 0 Å². The first-order chi connectivity index (χ1) is 31.2. The molecule has 0 saturated heterocycles. The highest BCUT2D eigenvalue weighted by Gasteiger charge is 2.49. The van der Waals surface area contributed by atoms with Crippen LogP contribution in [-0.2, 0) is 5.41 Å². The average Bonchev–Trinajstić information content (AvgIpc) is 3.99. The van der Waals surface area contributed by atoms with Crippen molar-refractivity contribution >= 4 is 43.9 Å². The number of nitrogens with zero attached hydrogens (tertiary/aromatic N) is 3. The van der Waals surface area contributed by atoms with Gasteiger partial charge in [-0.25, -0.2) is 15.0 Å². The summed E-state index contributed by atoms with van der Waals surface area (Å²) < 4.78 is 12.8. The minimum atomic E-state index is -0.578. The zero-order valence-electron chi connectivity index (χ0n) is 33.7. The average molecular weight is 804 g/mol. The number of aromatic nitrogens is 3. The monoisotopic (exact) mass is 803 g/mol. The van der Waals surface area contributed by atoms with Gasteiger partial charge in [0.15, 0.2) is 17.5 Å². The lowest BCUT2D eigenvalue weighted by Crippen LogP contribution is -2.29. The Hall–Kier alpha value is -8.41. The quantitative estimate of drug-likeness (QED) is 0.178. The number of fused-ring (bicyclic) bond motifs is 18. The van der Waals surface area contributed by atoms with Crippen LogP contribution in [0.2, 0.25) is 0 Å². The van der Waals surface area contributed by atoms with Gasteiger partial charge >= 0.3 is 0 Å². The Morgan fingerprint density at radius 3 is 1.40 bits per heavy atom. The van der Waals surface area contributed by atoms with Crippen LogP contribution in [0.1, 0.15) is 22.3 Å². The smallest absolute Gasteiger partial charge is 0.167 e. The van der Waals surface area contributed by atoms with Crippen molar-refractivity contribution in [3.05, 3.63) is 222 Å². The fourth-order valence-electron chi connectivity index (χ4n) is 10.7. The second-order valence-corrected chi connectivity index (χ2v) is 16.6. The van der Waals surface area contributed by atoms with Crippen molar-refractivity contribution in [2.75, 3.05) is 0 Å². The van der Waals surface area contributed by atoms with Gasteiger partial charge in [-0.3, -0.25) is 0 Å². The largest absolute Gasteiger partial charge is 0.456 e. The Labute approximate surface area is 361 Å². The summed E-state index contributed by atoms with van der Waals surface area (Å²) in [7, 11) is 0. The Morgan fingerprint density at radius 1 is 0.286 bits per heavy atom. The van der Waals surface area contributed by atoms with Crippen molar-refractivity contribution in [1.29, 1.82) is 0 Å². The summed E-state index contributed by atoms with van der Waals surface area (Å²) in [6.45, 7) is 0. The number of hydrogen-bond acceptors (Lipinski definition) is 5. The predicted molar refractivity (Wildman–Crippen MR) is 252 cm³/mol. The van der Waals surface area contributed by atoms with Gasteiger partial charge in [0.25, 0.3) is 0 Å². The summed E-state index contributed by atoms with van der Waals surface area (Å²) in [5.41, 5.74) is 17.6. The molecule has 0 aliphatic heterocycles. The van der Waals surface area contributed by atoms with E-state index >= 15 is 0 Å². The molecule has 63 heavy (non-hydrogen) atoms. The molecule has 0 unspecified atom stereocenters. The van der Waals surface area contributed by atoms with Crippen LogP contribution in [0.25, 0.3) is 111 Å². The van der Waals surface area contributed by atoms with E-state index < -0.39 is 5.41 Å². The molecular formula is C58H33N3O2. The first-order valence-electron chi connectivity index (χ1n) is 21.3.